The first kappa shape index (κ1) is 42.1. The van der Waals surface area contributed by atoms with Gasteiger partial charge in [0.25, 0.3) is 0 Å². The third-order valence-electron chi connectivity index (χ3n) is 9.48. The predicted molar refractivity (Wildman–Crippen MR) is 204 cm³/mol. The fourth-order valence-corrected chi connectivity index (χ4v) is 6.79. The minimum absolute atomic E-state index is 0.0499. The number of benzene rings is 4. The summed E-state index contributed by atoms with van der Waals surface area (Å²) < 4.78 is 55.4. The van der Waals surface area contributed by atoms with Crippen LogP contribution in [-0.2, 0) is 78.6 Å². The van der Waals surface area contributed by atoms with E-state index in [4.69, 9.17) is 42.6 Å². The Kier molecular flexibility index (Phi) is 15.7. The van der Waals surface area contributed by atoms with E-state index in [0.29, 0.717) is 0 Å². The molecule has 2 saturated heterocycles. The number of carbonyl (C=O) groups excluding carboxylic acids is 2. The highest BCUT2D eigenvalue weighted by atomic mass is 16.8. The molecule has 10 atom stereocenters. The highest BCUT2D eigenvalue weighted by Crippen LogP contribution is 2.34. The van der Waals surface area contributed by atoms with Gasteiger partial charge >= 0.3 is 11.9 Å². The fraction of sp³-hybridized carbons (Fsp3) is 0.409. The molecule has 4 aromatic carbocycles. The Morgan fingerprint density at radius 3 is 1.37 bits per heavy atom. The first-order chi connectivity index (χ1) is 27.7. The summed E-state index contributed by atoms with van der Waals surface area (Å²) in [6.07, 6.45) is -12.8. The molecule has 13 heteroatoms. The summed E-state index contributed by atoms with van der Waals surface area (Å²) in [6, 6.07) is 37.8. The largest absolute Gasteiger partial charge is 0.454 e. The van der Waals surface area contributed by atoms with Gasteiger partial charge < -0.3 is 52.8 Å². The van der Waals surface area contributed by atoms with Crippen LogP contribution in [0, 0.1) is 0 Å². The molecule has 2 fully saturated rings. The zero-order valence-corrected chi connectivity index (χ0v) is 31.9. The van der Waals surface area contributed by atoms with Crippen LogP contribution in [0.4, 0.5) is 0 Å². The lowest BCUT2D eigenvalue weighted by Crippen LogP contribution is -2.66. The van der Waals surface area contributed by atoms with Gasteiger partial charge in [-0.15, -0.1) is 0 Å². The molecule has 0 radical (unpaired) electrons. The predicted octanol–water partition coefficient (Wildman–Crippen LogP) is 4.64. The van der Waals surface area contributed by atoms with Crippen LogP contribution >= 0.6 is 0 Å². The minimum Gasteiger partial charge on any atom is -0.454 e. The monoisotopic (exact) mass is 786 g/mol. The van der Waals surface area contributed by atoms with Gasteiger partial charge in [-0.25, -0.2) is 0 Å². The molecule has 0 aliphatic carbocycles. The van der Waals surface area contributed by atoms with Gasteiger partial charge in [-0.3, -0.25) is 9.59 Å². The van der Waals surface area contributed by atoms with E-state index in [0.717, 1.165) is 22.3 Å². The zero-order chi connectivity index (χ0) is 40.0. The average Bonchev–Trinajstić information content (AvgIpc) is 3.21. The number of carbonyl (C=O) groups is 2. The molecule has 0 unspecified atom stereocenters. The van der Waals surface area contributed by atoms with Crippen LogP contribution in [0.2, 0.25) is 0 Å². The van der Waals surface area contributed by atoms with Crippen molar-refractivity contribution >= 4 is 11.9 Å². The van der Waals surface area contributed by atoms with Gasteiger partial charge in [0.1, 0.15) is 36.6 Å². The average molecular weight is 787 g/mol. The fourth-order valence-electron chi connectivity index (χ4n) is 6.79. The Morgan fingerprint density at radius 1 is 0.509 bits per heavy atom. The van der Waals surface area contributed by atoms with Gasteiger partial charge in [-0.1, -0.05) is 121 Å². The van der Waals surface area contributed by atoms with Crippen molar-refractivity contribution in [1.82, 2.24) is 0 Å². The SMILES string of the molecule is CC(=O)O[C@@H]1[C@@H](O[C@@H]2O[C@H](COCc3ccccc3)[C@@H](OCc3ccccc3)[C@H](O)[C@H]2OC(C)=O)[C@H](OCc2ccccc2)[C@@H](COCc2ccccc2)O[C@H]1O. The Hall–Kier alpha value is -4.54. The number of esters is 2. The van der Waals surface area contributed by atoms with Gasteiger partial charge in [-0.2, -0.15) is 0 Å². The summed E-state index contributed by atoms with van der Waals surface area (Å²) in [6.45, 7) is 2.96. The molecule has 0 saturated carbocycles. The van der Waals surface area contributed by atoms with E-state index in [2.05, 4.69) is 0 Å². The molecule has 2 heterocycles. The molecule has 13 nitrogen and oxygen atoms in total. The summed E-state index contributed by atoms with van der Waals surface area (Å²) in [5, 5.41) is 23.3. The second-order valence-electron chi connectivity index (χ2n) is 13.9. The third kappa shape index (κ3) is 12.2. The molecule has 0 bridgehead atoms. The van der Waals surface area contributed by atoms with Crippen molar-refractivity contribution in [1.29, 1.82) is 0 Å². The van der Waals surface area contributed by atoms with E-state index >= 15 is 0 Å². The minimum atomic E-state index is -1.69. The van der Waals surface area contributed by atoms with Gasteiger partial charge in [0.15, 0.2) is 24.8 Å². The first-order valence-electron chi connectivity index (χ1n) is 19.0. The van der Waals surface area contributed by atoms with Gasteiger partial charge in [-0.05, 0) is 22.3 Å². The van der Waals surface area contributed by atoms with Gasteiger partial charge in [0.2, 0.25) is 0 Å². The topological polar surface area (TPSA) is 158 Å². The molecule has 6 rings (SSSR count). The number of ether oxygens (including phenoxy) is 9. The maximum Gasteiger partial charge on any atom is 0.303 e. The van der Waals surface area contributed by atoms with Crippen molar-refractivity contribution in [3.8, 4) is 0 Å². The Labute approximate surface area is 332 Å². The van der Waals surface area contributed by atoms with Crippen LogP contribution in [0.3, 0.4) is 0 Å². The van der Waals surface area contributed by atoms with E-state index in [9.17, 15) is 19.8 Å². The number of hydrogen-bond acceptors (Lipinski definition) is 13. The van der Waals surface area contributed by atoms with E-state index < -0.39 is 73.4 Å². The van der Waals surface area contributed by atoms with Crippen LogP contribution in [0.25, 0.3) is 0 Å². The molecule has 0 spiro atoms. The lowest BCUT2D eigenvalue weighted by atomic mass is 9.96. The summed E-state index contributed by atoms with van der Waals surface area (Å²) in [5.41, 5.74) is 3.50. The second kappa shape index (κ2) is 21.3. The van der Waals surface area contributed by atoms with E-state index in [1.807, 2.05) is 121 Å². The lowest BCUT2D eigenvalue weighted by molar-refractivity contribution is -0.364. The van der Waals surface area contributed by atoms with Crippen molar-refractivity contribution < 1.29 is 62.4 Å². The lowest BCUT2D eigenvalue weighted by Gasteiger charge is -2.48. The summed E-state index contributed by atoms with van der Waals surface area (Å²) in [7, 11) is 0. The molecule has 2 N–H and O–H groups in total. The van der Waals surface area contributed by atoms with Crippen molar-refractivity contribution in [2.75, 3.05) is 13.2 Å². The maximum atomic E-state index is 12.6. The molecule has 0 aromatic heterocycles. The van der Waals surface area contributed by atoms with E-state index in [1.54, 1.807) is 0 Å². The van der Waals surface area contributed by atoms with E-state index in [-0.39, 0.29) is 39.6 Å². The summed E-state index contributed by atoms with van der Waals surface area (Å²) >= 11 is 0. The van der Waals surface area contributed by atoms with Crippen LogP contribution in [0.1, 0.15) is 36.1 Å². The number of rotatable bonds is 18. The van der Waals surface area contributed by atoms with Crippen LogP contribution in [0.15, 0.2) is 121 Å². The number of aliphatic hydroxyl groups excluding tert-OH is 2. The van der Waals surface area contributed by atoms with Crippen molar-refractivity contribution in [2.45, 2.75) is 102 Å². The highest BCUT2D eigenvalue weighted by molar-refractivity contribution is 5.66. The van der Waals surface area contributed by atoms with Gasteiger partial charge in [0, 0.05) is 13.8 Å². The summed E-state index contributed by atoms with van der Waals surface area (Å²) in [4.78, 5) is 25.1. The van der Waals surface area contributed by atoms with Crippen molar-refractivity contribution in [3.05, 3.63) is 144 Å². The van der Waals surface area contributed by atoms with E-state index in [1.165, 1.54) is 13.8 Å². The highest BCUT2D eigenvalue weighted by Gasteiger charge is 2.54. The Balaban J connectivity index is 1.30. The van der Waals surface area contributed by atoms with Crippen LogP contribution < -0.4 is 0 Å². The Bertz CT molecular complexity index is 1780. The molecular formula is C44H50O13. The van der Waals surface area contributed by atoms with Crippen molar-refractivity contribution in [3.63, 3.8) is 0 Å². The summed E-state index contributed by atoms with van der Waals surface area (Å²) in [5.74, 6) is -1.44. The Morgan fingerprint density at radius 2 is 0.912 bits per heavy atom. The molecule has 57 heavy (non-hydrogen) atoms. The number of hydrogen-bond donors (Lipinski definition) is 2. The molecule has 2 aliphatic heterocycles. The van der Waals surface area contributed by atoms with Gasteiger partial charge in [0.05, 0.1) is 39.6 Å². The van der Waals surface area contributed by atoms with Crippen molar-refractivity contribution in [2.24, 2.45) is 0 Å². The smallest absolute Gasteiger partial charge is 0.303 e. The second-order valence-corrected chi connectivity index (χ2v) is 13.9. The normalized spacial score (nSPS) is 27.4. The number of aliphatic hydroxyl groups is 2. The van der Waals surface area contributed by atoms with Crippen LogP contribution in [0.5, 0.6) is 0 Å². The quantitative estimate of drug-likeness (QED) is 0.135. The standard InChI is InChI=1S/C44H50O13/c1-29(45)53-40-37(47)38(51-25-33-19-11-5-12-20-33)35(27-49-23-31-15-7-3-8-16-31)56-44(40)57-41-39(52-26-34-21-13-6-14-22-34)36(55-43(48)42(41)54-30(2)46)28-50-24-32-17-9-4-10-18-32/h3-22,35-44,47-48H,23-28H2,1-2H3/t35-,36-,37+,38-,39-,40-,41+,42-,43-,44+/m1/s1. The first-order valence-corrected chi connectivity index (χ1v) is 19.0. The molecule has 2 aliphatic rings. The molecule has 304 valence electrons. The zero-order valence-electron chi connectivity index (χ0n) is 31.9. The third-order valence-corrected chi connectivity index (χ3v) is 9.48. The molecule has 4 aromatic rings. The maximum absolute atomic E-state index is 12.6. The van der Waals surface area contributed by atoms with Crippen LogP contribution in [-0.4, -0.2) is 96.8 Å². The molecule has 0 amide bonds. The molecular weight excluding hydrogens is 736 g/mol.